The van der Waals surface area contributed by atoms with Gasteiger partial charge in [0.25, 0.3) is 0 Å². The van der Waals surface area contributed by atoms with Crippen LogP contribution in [0.25, 0.3) is 0 Å². The van der Waals surface area contributed by atoms with Crippen LogP contribution in [0.15, 0.2) is 53.4 Å². The Labute approximate surface area is 160 Å². The van der Waals surface area contributed by atoms with Crippen molar-refractivity contribution in [3.05, 3.63) is 64.7 Å². The predicted octanol–water partition coefficient (Wildman–Crippen LogP) is 3.43. The zero-order valence-electron chi connectivity index (χ0n) is 13.9. The molecule has 0 bridgehead atoms. The van der Waals surface area contributed by atoms with E-state index in [1.807, 2.05) is 37.3 Å². The molecule has 0 aromatic heterocycles. The normalized spacial score (nSPS) is 21.1. The highest BCUT2D eigenvalue weighted by Gasteiger charge is 2.39. The smallest absolute Gasteiger partial charge is 0.244 e. The summed E-state index contributed by atoms with van der Waals surface area (Å²) >= 11 is 6.19. The first-order valence-electron chi connectivity index (χ1n) is 7.95. The maximum absolute atomic E-state index is 13.0. The lowest BCUT2D eigenvalue weighted by Gasteiger charge is -2.18. The van der Waals surface area contributed by atoms with Crippen molar-refractivity contribution in [1.29, 1.82) is 0 Å². The Morgan fingerprint density at radius 3 is 2.44 bits per heavy atom. The predicted molar refractivity (Wildman–Crippen MR) is 104 cm³/mol. The highest BCUT2D eigenvalue weighted by molar-refractivity contribution is 7.89. The summed E-state index contributed by atoms with van der Waals surface area (Å²) in [6.45, 7) is 3.18. The summed E-state index contributed by atoms with van der Waals surface area (Å²) in [5.41, 5.74) is 7.97. The van der Waals surface area contributed by atoms with Gasteiger partial charge in [-0.1, -0.05) is 48.0 Å². The Kier molecular flexibility index (Phi) is 6.51. The Hall–Kier alpha value is -1.11. The fraction of sp³-hybridized carbons (Fsp3) is 0.333. The van der Waals surface area contributed by atoms with Crippen molar-refractivity contribution in [3.63, 3.8) is 0 Å². The molecular formula is C18H22Cl2N2O2S. The zero-order chi connectivity index (χ0) is 17.3. The van der Waals surface area contributed by atoms with Crippen molar-refractivity contribution in [1.82, 2.24) is 4.31 Å². The van der Waals surface area contributed by atoms with Crippen molar-refractivity contribution in [2.24, 2.45) is 11.7 Å². The van der Waals surface area contributed by atoms with Crippen LogP contribution in [0, 0.1) is 12.8 Å². The Bertz CT molecular complexity index is 828. The molecular weight excluding hydrogens is 379 g/mol. The van der Waals surface area contributed by atoms with Crippen LogP contribution in [0.4, 0.5) is 0 Å². The van der Waals surface area contributed by atoms with Crippen LogP contribution in [0.1, 0.15) is 17.0 Å². The number of rotatable bonds is 4. The van der Waals surface area contributed by atoms with E-state index in [-0.39, 0.29) is 34.2 Å². The SMILES string of the molecule is Cc1ccc(S(=O)(=O)N2C[C@@H](CN)[C@H](c3ccccc3)C2)c(Cl)c1.Cl. The van der Waals surface area contributed by atoms with Crippen molar-refractivity contribution in [2.75, 3.05) is 19.6 Å². The largest absolute Gasteiger partial charge is 0.330 e. The molecule has 1 saturated heterocycles. The molecule has 0 unspecified atom stereocenters. The van der Waals surface area contributed by atoms with Gasteiger partial charge in [0.2, 0.25) is 10.0 Å². The number of nitrogens with zero attached hydrogens (tertiary/aromatic N) is 1. The van der Waals surface area contributed by atoms with Gasteiger partial charge in [-0.2, -0.15) is 4.31 Å². The average Bonchev–Trinajstić information content (AvgIpc) is 3.00. The van der Waals surface area contributed by atoms with Gasteiger partial charge in [0, 0.05) is 19.0 Å². The minimum atomic E-state index is -3.62. The fourth-order valence-corrected chi connectivity index (χ4v) is 5.39. The molecule has 1 aliphatic rings. The minimum absolute atomic E-state index is 0. The monoisotopic (exact) mass is 400 g/mol. The molecule has 0 saturated carbocycles. The molecule has 1 heterocycles. The van der Waals surface area contributed by atoms with Crippen LogP contribution in [0.5, 0.6) is 0 Å². The molecule has 2 N–H and O–H groups in total. The van der Waals surface area contributed by atoms with Crippen LogP contribution in [-0.4, -0.2) is 32.4 Å². The third-order valence-corrected chi connectivity index (χ3v) is 6.96. The van der Waals surface area contributed by atoms with Crippen LogP contribution < -0.4 is 5.73 Å². The summed E-state index contributed by atoms with van der Waals surface area (Å²) in [6, 6.07) is 15.0. The van der Waals surface area contributed by atoms with E-state index in [1.165, 1.54) is 4.31 Å². The van der Waals surface area contributed by atoms with Gasteiger partial charge in [-0.3, -0.25) is 0 Å². The maximum atomic E-state index is 13.0. The van der Waals surface area contributed by atoms with Crippen LogP contribution in [0.3, 0.4) is 0 Å². The molecule has 136 valence electrons. The van der Waals surface area contributed by atoms with Crippen LogP contribution in [-0.2, 0) is 10.0 Å². The van der Waals surface area contributed by atoms with E-state index in [0.717, 1.165) is 11.1 Å². The van der Waals surface area contributed by atoms with E-state index in [2.05, 4.69) is 0 Å². The van der Waals surface area contributed by atoms with E-state index in [4.69, 9.17) is 17.3 Å². The second-order valence-electron chi connectivity index (χ2n) is 6.27. The Morgan fingerprint density at radius 2 is 1.84 bits per heavy atom. The van der Waals surface area contributed by atoms with Gasteiger partial charge >= 0.3 is 0 Å². The lowest BCUT2D eigenvalue weighted by Crippen LogP contribution is -2.30. The van der Waals surface area contributed by atoms with Gasteiger partial charge in [0.1, 0.15) is 4.90 Å². The zero-order valence-corrected chi connectivity index (χ0v) is 16.3. The molecule has 0 aliphatic carbocycles. The quantitative estimate of drug-likeness (QED) is 0.854. The number of nitrogens with two attached hydrogens (primary N) is 1. The first-order valence-corrected chi connectivity index (χ1v) is 9.76. The van der Waals surface area contributed by atoms with Crippen molar-refractivity contribution in [3.8, 4) is 0 Å². The third-order valence-electron chi connectivity index (χ3n) is 4.64. The number of halogens is 2. The molecule has 2 aromatic rings. The Balaban J connectivity index is 0.00000225. The lowest BCUT2D eigenvalue weighted by atomic mass is 9.89. The number of benzene rings is 2. The highest BCUT2D eigenvalue weighted by Crippen LogP contribution is 2.36. The van der Waals surface area contributed by atoms with E-state index < -0.39 is 10.0 Å². The molecule has 4 nitrogen and oxygen atoms in total. The molecule has 25 heavy (non-hydrogen) atoms. The van der Waals surface area contributed by atoms with Gasteiger partial charge in [-0.25, -0.2) is 8.42 Å². The summed E-state index contributed by atoms with van der Waals surface area (Å²) in [4.78, 5) is 0.166. The first kappa shape index (κ1) is 20.2. The summed E-state index contributed by atoms with van der Waals surface area (Å²) in [6.07, 6.45) is 0. The van der Waals surface area contributed by atoms with Gasteiger partial charge in [-0.15, -0.1) is 12.4 Å². The Morgan fingerprint density at radius 1 is 1.16 bits per heavy atom. The second kappa shape index (κ2) is 8.06. The van der Waals surface area contributed by atoms with Gasteiger partial charge in [0.05, 0.1) is 5.02 Å². The second-order valence-corrected chi connectivity index (χ2v) is 8.58. The molecule has 7 heteroatoms. The highest BCUT2D eigenvalue weighted by atomic mass is 35.5. The summed E-state index contributed by atoms with van der Waals surface area (Å²) in [5.74, 6) is 0.210. The molecule has 0 amide bonds. The molecule has 0 radical (unpaired) electrons. The van der Waals surface area contributed by atoms with E-state index in [9.17, 15) is 8.42 Å². The molecule has 2 atom stereocenters. The minimum Gasteiger partial charge on any atom is -0.330 e. The molecule has 2 aromatic carbocycles. The number of hydrogen-bond donors (Lipinski definition) is 1. The number of sulfonamides is 1. The fourth-order valence-electron chi connectivity index (χ4n) is 3.30. The topological polar surface area (TPSA) is 63.4 Å². The third kappa shape index (κ3) is 4.01. The van der Waals surface area contributed by atoms with Crippen LogP contribution in [0.2, 0.25) is 5.02 Å². The summed E-state index contributed by atoms with van der Waals surface area (Å²) in [5, 5.41) is 0.266. The van der Waals surface area contributed by atoms with E-state index in [0.29, 0.717) is 19.6 Å². The number of hydrogen-bond acceptors (Lipinski definition) is 3. The summed E-state index contributed by atoms with van der Waals surface area (Å²) < 4.78 is 27.5. The maximum Gasteiger partial charge on any atom is 0.244 e. The van der Waals surface area contributed by atoms with Crippen molar-refractivity contribution < 1.29 is 8.42 Å². The molecule has 1 aliphatic heterocycles. The molecule has 1 fully saturated rings. The van der Waals surface area contributed by atoms with Crippen molar-refractivity contribution >= 4 is 34.0 Å². The molecule has 3 rings (SSSR count). The average molecular weight is 401 g/mol. The van der Waals surface area contributed by atoms with E-state index in [1.54, 1.807) is 18.2 Å². The van der Waals surface area contributed by atoms with Gasteiger partial charge in [-0.05, 0) is 42.6 Å². The van der Waals surface area contributed by atoms with Crippen molar-refractivity contribution in [2.45, 2.75) is 17.7 Å². The van der Waals surface area contributed by atoms with Gasteiger partial charge in [0.15, 0.2) is 0 Å². The number of aryl methyl sites for hydroxylation is 1. The molecule has 0 spiro atoms. The van der Waals surface area contributed by atoms with E-state index >= 15 is 0 Å². The van der Waals surface area contributed by atoms with Gasteiger partial charge < -0.3 is 5.73 Å². The van der Waals surface area contributed by atoms with Crippen LogP contribution >= 0.6 is 24.0 Å². The summed E-state index contributed by atoms with van der Waals surface area (Å²) in [7, 11) is -3.62. The lowest BCUT2D eigenvalue weighted by molar-refractivity contribution is 0.459. The standard InChI is InChI=1S/C18H21ClN2O2S.ClH/c1-13-7-8-18(17(19)9-13)24(22,23)21-11-15(10-20)16(12-21)14-5-3-2-4-6-14;/h2-9,15-16H,10-12,20H2,1H3;1H/t15-,16+;/m1./s1. The first-order chi connectivity index (χ1) is 11.4.